The number of rotatable bonds is 8. The molecule has 0 aliphatic rings. The minimum Gasteiger partial charge on any atom is -0.313 e. The van der Waals surface area contributed by atoms with Gasteiger partial charge in [-0.15, -0.1) is 12.3 Å². The summed E-state index contributed by atoms with van der Waals surface area (Å²) < 4.78 is 0. The van der Waals surface area contributed by atoms with E-state index in [1.165, 1.54) is 25.7 Å². The predicted molar refractivity (Wildman–Crippen MR) is 64.2 cm³/mol. The summed E-state index contributed by atoms with van der Waals surface area (Å²) in [7, 11) is 0. The standard InChI is InChI=1S/C13H25N/c1-5-9-12(10-6-2)13(11-7-3)14-8-4/h3,12-14H,5-6,8-11H2,1-2,4H3. The maximum atomic E-state index is 5.40. The van der Waals surface area contributed by atoms with Crippen molar-refractivity contribution >= 4 is 0 Å². The average Bonchev–Trinajstić information content (AvgIpc) is 2.17. The fourth-order valence-corrected chi connectivity index (χ4v) is 2.08. The van der Waals surface area contributed by atoms with Gasteiger partial charge in [-0.1, -0.05) is 33.6 Å². The molecule has 0 rings (SSSR count). The van der Waals surface area contributed by atoms with E-state index in [4.69, 9.17) is 6.42 Å². The van der Waals surface area contributed by atoms with E-state index < -0.39 is 0 Å². The van der Waals surface area contributed by atoms with Crippen molar-refractivity contribution in [2.75, 3.05) is 6.54 Å². The molecule has 0 fully saturated rings. The van der Waals surface area contributed by atoms with Crippen LogP contribution in [0.4, 0.5) is 0 Å². The largest absolute Gasteiger partial charge is 0.313 e. The summed E-state index contributed by atoms with van der Waals surface area (Å²) in [5.41, 5.74) is 0. The first kappa shape index (κ1) is 13.5. The fraction of sp³-hybridized carbons (Fsp3) is 0.846. The minimum atomic E-state index is 0.532. The maximum absolute atomic E-state index is 5.40. The van der Waals surface area contributed by atoms with E-state index in [1.54, 1.807) is 0 Å². The lowest BCUT2D eigenvalue weighted by Crippen LogP contribution is -2.35. The van der Waals surface area contributed by atoms with Gasteiger partial charge in [0.1, 0.15) is 0 Å². The van der Waals surface area contributed by atoms with Gasteiger partial charge in [-0.2, -0.15) is 0 Å². The van der Waals surface area contributed by atoms with E-state index in [0.29, 0.717) is 6.04 Å². The van der Waals surface area contributed by atoms with Gasteiger partial charge in [0.15, 0.2) is 0 Å². The van der Waals surface area contributed by atoms with Gasteiger partial charge in [-0.3, -0.25) is 0 Å². The Morgan fingerprint density at radius 1 is 1.14 bits per heavy atom. The van der Waals surface area contributed by atoms with Crippen LogP contribution in [0, 0.1) is 18.3 Å². The molecule has 0 aliphatic heterocycles. The van der Waals surface area contributed by atoms with Crippen LogP contribution in [0.15, 0.2) is 0 Å². The molecule has 1 heteroatoms. The SMILES string of the molecule is C#CCC(NCC)C(CCC)CCC. The lowest BCUT2D eigenvalue weighted by Gasteiger charge is -2.26. The van der Waals surface area contributed by atoms with Gasteiger partial charge in [0.05, 0.1) is 0 Å². The molecule has 0 aromatic heterocycles. The number of terminal acetylenes is 1. The van der Waals surface area contributed by atoms with E-state index in [2.05, 4.69) is 32.0 Å². The van der Waals surface area contributed by atoms with Gasteiger partial charge < -0.3 is 5.32 Å². The number of hydrogen-bond acceptors (Lipinski definition) is 1. The summed E-state index contributed by atoms with van der Waals surface area (Å²) in [5, 5.41) is 3.51. The quantitative estimate of drug-likeness (QED) is 0.586. The van der Waals surface area contributed by atoms with Gasteiger partial charge in [0.25, 0.3) is 0 Å². The molecular formula is C13H25N. The molecule has 1 atom stereocenters. The Kier molecular flexibility index (Phi) is 8.78. The molecule has 1 N–H and O–H groups in total. The highest BCUT2D eigenvalue weighted by Crippen LogP contribution is 2.19. The van der Waals surface area contributed by atoms with Crippen molar-refractivity contribution in [1.29, 1.82) is 0 Å². The highest BCUT2D eigenvalue weighted by Gasteiger charge is 2.17. The van der Waals surface area contributed by atoms with Crippen molar-refractivity contribution in [2.24, 2.45) is 5.92 Å². The molecule has 82 valence electrons. The van der Waals surface area contributed by atoms with Gasteiger partial charge in [-0.25, -0.2) is 0 Å². The van der Waals surface area contributed by atoms with Crippen molar-refractivity contribution in [2.45, 2.75) is 58.9 Å². The molecule has 1 unspecified atom stereocenters. The van der Waals surface area contributed by atoms with E-state index in [-0.39, 0.29) is 0 Å². The van der Waals surface area contributed by atoms with E-state index in [9.17, 15) is 0 Å². The third-order valence-corrected chi connectivity index (χ3v) is 2.69. The Morgan fingerprint density at radius 2 is 1.71 bits per heavy atom. The average molecular weight is 195 g/mol. The van der Waals surface area contributed by atoms with Crippen LogP contribution >= 0.6 is 0 Å². The van der Waals surface area contributed by atoms with Crippen molar-refractivity contribution < 1.29 is 0 Å². The molecular weight excluding hydrogens is 170 g/mol. The lowest BCUT2D eigenvalue weighted by atomic mass is 9.88. The normalized spacial score (nSPS) is 12.8. The molecule has 14 heavy (non-hydrogen) atoms. The van der Waals surface area contributed by atoms with Crippen molar-refractivity contribution in [3.8, 4) is 12.3 Å². The smallest absolute Gasteiger partial charge is 0.0243 e. The topological polar surface area (TPSA) is 12.0 Å². The first-order valence-electron chi connectivity index (χ1n) is 5.96. The molecule has 0 heterocycles. The molecule has 0 aromatic carbocycles. The zero-order valence-electron chi connectivity index (χ0n) is 9.97. The van der Waals surface area contributed by atoms with Gasteiger partial charge >= 0.3 is 0 Å². The molecule has 1 nitrogen and oxygen atoms in total. The van der Waals surface area contributed by atoms with Crippen LogP contribution in [-0.4, -0.2) is 12.6 Å². The van der Waals surface area contributed by atoms with Crippen LogP contribution in [0.5, 0.6) is 0 Å². The Balaban J connectivity index is 4.14. The maximum Gasteiger partial charge on any atom is 0.0243 e. The second-order valence-electron chi connectivity index (χ2n) is 3.91. The Labute approximate surface area is 89.7 Å². The summed E-state index contributed by atoms with van der Waals surface area (Å²) in [6.45, 7) is 7.68. The lowest BCUT2D eigenvalue weighted by molar-refractivity contribution is 0.318. The van der Waals surface area contributed by atoms with Crippen LogP contribution in [0.2, 0.25) is 0 Å². The summed E-state index contributed by atoms with van der Waals surface area (Å²) in [6.07, 6.45) is 11.4. The Morgan fingerprint density at radius 3 is 2.07 bits per heavy atom. The molecule has 0 radical (unpaired) electrons. The molecule has 0 aromatic rings. The summed E-state index contributed by atoms with van der Waals surface area (Å²) in [6, 6.07) is 0.532. The van der Waals surface area contributed by atoms with Crippen LogP contribution in [-0.2, 0) is 0 Å². The van der Waals surface area contributed by atoms with Gasteiger partial charge in [-0.05, 0) is 25.3 Å². The molecule has 0 spiro atoms. The van der Waals surface area contributed by atoms with Crippen LogP contribution in [0.1, 0.15) is 52.9 Å². The molecule has 0 saturated heterocycles. The second-order valence-corrected chi connectivity index (χ2v) is 3.91. The minimum absolute atomic E-state index is 0.532. The van der Waals surface area contributed by atoms with E-state index in [0.717, 1.165) is 18.9 Å². The van der Waals surface area contributed by atoms with Crippen LogP contribution in [0.25, 0.3) is 0 Å². The highest BCUT2D eigenvalue weighted by molar-refractivity contribution is 4.92. The second kappa shape index (κ2) is 9.09. The van der Waals surface area contributed by atoms with Gasteiger partial charge in [0, 0.05) is 12.5 Å². The third-order valence-electron chi connectivity index (χ3n) is 2.69. The first-order chi connectivity index (χ1) is 6.79. The fourth-order valence-electron chi connectivity index (χ4n) is 2.08. The predicted octanol–water partition coefficient (Wildman–Crippen LogP) is 3.20. The molecule has 0 bridgehead atoms. The summed E-state index contributed by atoms with van der Waals surface area (Å²) in [5.74, 6) is 3.55. The van der Waals surface area contributed by atoms with Crippen molar-refractivity contribution in [3.05, 3.63) is 0 Å². The zero-order valence-corrected chi connectivity index (χ0v) is 9.97. The zero-order chi connectivity index (χ0) is 10.8. The van der Waals surface area contributed by atoms with Crippen LogP contribution in [0.3, 0.4) is 0 Å². The molecule has 0 saturated carbocycles. The third kappa shape index (κ3) is 5.29. The Hall–Kier alpha value is -0.480. The van der Waals surface area contributed by atoms with Gasteiger partial charge in [0.2, 0.25) is 0 Å². The Bertz CT molecular complexity index is 151. The first-order valence-corrected chi connectivity index (χ1v) is 5.96. The molecule has 0 amide bonds. The van der Waals surface area contributed by atoms with Crippen molar-refractivity contribution in [3.63, 3.8) is 0 Å². The molecule has 0 aliphatic carbocycles. The van der Waals surface area contributed by atoms with Crippen molar-refractivity contribution in [1.82, 2.24) is 5.32 Å². The highest BCUT2D eigenvalue weighted by atomic mass is 14.9. The number of nitrogens with one attached hydrogen (secondary N) is 1. The van der Waals surface area contributed by atoms with E-state index >= 15 is 0 Å². The monoisotopic (exact) mass is 195 g/mol. The van der Waals surface area contributed by atoms with Crippen LogP contribution < -0.4 is 5.32 Å². The van der Waals surface area contributed by atoms with E-state index in [1.807, 2.05) is 0 Å². The summed E-state index contributed by atoms with van der Waals surface area (Å²) in [4.78, 5) is 0. The summed E-state index contributed by atoms with van der Waals surface area (Å²) >= 11 is 0. The number of hydrogen-bond donors (Lipinski definition) is 1.